The molecule has 2 unspecified atom stereocenters. The van der Waals surface area contributed by atoms with Crippen LogP contribution in [-0.4, -0.2) is 36.5 Å². The van der Waals surface area contributed by atoms with Crippen LogP contribution in [0.4, 0.5) is 4.79 Å². The van der Waals surface area contributed by atoms with E-state index in [1.54, 1.807) is 29.4 Å². The number of pyridine rings is 2. The lowest BCUT2D eigenvalue weighted by Gasteiger charge is -2.42. The Kier molecular flexibility index (Phi) is 6.88. The van der Waals surface area contributed by atoms with Crippen LogP contribution >= 0.6 is 11.6 Å². The fourth-order valence-electron chi connectivity index (χ4n) is 4.16. The first-order chi connectivity index (χ1) is 15.8. The molecule has 4 heterocycles. The third kappa shape index (κ3) is 5.66. The molecule has 0 radical (unpaired) electrons. The number of rotatable bonds is 4. The Morgan fingerprint density at radius 1 is 1.06 bits per heavy atom. The third-order valence-electron chi connectivity index (χ3n) is 5.51. The summed E-state index contributed by atoms with van der Waals surface area (Å²) in [6.45, 7) is 5.60. The second-order valence-corrected chi connectivity index (χ2v) is 9.56. The van der Waals surface area contributed by atoms with E-state index in [2.05, 4.69) is 15.0 Å². The van der Waals surface area contributed by atoms with Gasteiger partial charge in [-0.3, -0.25) is 14.9 Å². The molecule has 0 aliphatic carbocycles. The van der Waals surface area contributed by atoms with Crippen molar-refractivity contribution in [2.75, 3.05) is 0 Å². The zero-order valence-corrected chi connectivity index (χ0v) is 19.9. The fourth-order valence-corrected chi connectivity index (χ4v) is 4.41. The lowest BCUT2D eigenvalue weighted by atomic mass is 9.91. The molecule has 0 bridgehead atoms. The normalized spacial score (nSPS) is 18.7. The van der Waals surface area contributed by atoms with E-state index in [1.807, 2.05) is 45.0 Å². The van der Waals surface area contributed by atoms with Gasteiger partial charge in [-0.05, 0) is 70.4 Å². The lowest BCUT2D eigenvalue weighted by Crippen LogP contribution is -2.44. The van der Waals surface area contributed by atoms with Gasteiger partial charge in [0.25, 0.3) is 0 Å². The number of hydrogen-bond acceptors (Lipinski definition) is 6. The molecule has 0 N–H and O–H groups in total. The maximum Gasteiger partial charge on any atom is 0.411 e. The minimum atomic E-state index is -0.625. The summed E-state index contributed by atoms with van der Waals surface area (Å²) < 4.78 is 5.82. The van der Waals surface area contributed by atoms with Gasteiger partial charge in [0.05, 0.1) is 28.5 Å². The zero-order chi connectivity index (χ0) is 23.4. The number of amides is 1. The van der Waals surface area contributed by atoms with E-state index in [0.717, 1.165) is 36.3 Å². The summed E-state index contributed by atoms with van der Waals surface area (Å²) in [4.78, 5) is 32.9. The first kappa shape index (κ1) is 23.1. The van der Waals surface area contributed by atoms with Crippen molar-refractivity contribution in [2.24, 2.45) is 0 Å². The maximum absolute atomic E-state index is 13.5. The maximum atomic E-state index is 13.5. The standard InChI is InChI=1S/C25H28ClN5O2/c1-25(2,3)33-24(32)31-21(10-5-11-22(31)23-19(26)8-6-13-28-23)20-9-4-7-18(30-20)15-17-12-14-27-16-29-17/h4,6-9,12-14,16,21-22H,5,10-11,15H2,1-3H3. The Bertz CT molecular complexity index is 1100. The molecule has 4 rings (SSSR count). The molecule has 7 nitrogen and oxygen atoms in total. The summed E-state index contributed by atoms with van der Waals surface area (Å²) in [5.74, 6) is 0. The van der Waals surface area contributed by atoms with Crippen LogP contribution in [0.5, 0.6) is 0 Å². The molecular weight excluding hydrogens is 438 g/mol. The number of halogens is 1. The summed E-state index contributed by atoms with van der Waals surface area (Å²) in [6, 6.07) is 10.9. The van der Waals surface area contributed by atoms with Gasteiger partial charge in [0.1, 0.15) is 11.9 Å². The van der Waals surface area contributed by atoms with Crippen molar-refractivity contribution >= 4 is 17.7 Å². The lowest BCUT2D eigenvalue weighted by molar-refractivity contribution is -0.00795. The molecule has 0 aromatic carbocycles. The molecule has 1 aliphatic rings. The highest BCUT2D eigenvalue weighted by Crippen LogP contribution is 2.43. The molecule has 2 atom stereocenters. The van der Waals surface area contributed by atoms with Crippen molar-refractivity contribution in [3.63, 3.8) is 0 Å². The van der Waals surface area contributed by atoms with Gasteiger partial charge < -0.3 is 4.74 Å². The Balaban J connectivity index is 1.70. The van der Waals surface area contributed by atoms with E-state index in [4.69, 9.17) is 21.3 Å². The smallest absolute Gasteiger partial charge is 0.411 e. The van der Waals surface area contributed by atoms with E-state index in [9.17, 15) is 4.79 Å². The Morgan fingerprint density at radius 2 is 1.88 bits per heavy atom. The Labute approximate surface area is 199 Å². The molecule has 0 saturated carbocycles. The highest BCUT2D eigenvalue weighted by Gasteiger charge is 2.40. The van der Waals surface area contributed by atoms with E-state index in [-0.39, 0.29) is 18.2 Å². The topological polar surface area (TPSA) is 81.1 Å². The molecule has 1 saturated heterocycles. The number of ether oxygens (including phenoxy) is 1. The van der Waals surface area contributed by atoms with Crippen LogP contribution in [0.2, 0.25) is 5.02 Å². The number of carbonyl (C=O) groups excluding carboxylic acids is 1. The summed E-state index contributed by atoms with van der Waals surface area (Å²) in [7, 11) is 0. The van der Waals surface area contributed by atoms with Gasteiger partial charge in [0.2, 0.25) is 0 Å². The zero-order valence-electron chi connectivity index (χ0n) is 19.1. The predicted molar refractivity (Wildman–Crippen MR) is 126 cm³/mol. The van der Waals surface area contributed by atoms with Crippen LogP contribution in [0.25, 0.3) is 0 Å². The molecular formula is C25H28ClN5O2. The van der Waals surface area contributed by atoms with Crippen LogP contribution in [0.1, 0.15) is 74.9 Å². The first-order valence-electron chi connectivity index (χ1n) is 11.1. The molecule has 1 fully saturated rings. The van der Waals surface area contributed by atoms with Gasteiger partial charge in [0.15, 0.2) is 0 Å². The first-order valence-corrected chi connectivity index (χ1v) is 11.5. The number of aromatic nitrogens is 4. The van der Waals surface area contributed by atoms with Gasteiger partial charge in [-0.25, -0.2) is 14.8 Å². The van der Waals surface area contributed by atoms with Crippen molar-refractivity contribution in [3.8, 4) is 0 Å². The van der Waals surface area contributed by atoms with E-state index >= 15 is 0 Å². The van der Waals surface area contributed by atoms with Crippen LogP contribution in [0, 0.1) is 0 Å². The summed E-state index contributed by atoms with van der Waals surface area (Å²) in [5.41, 5.74) is 2.66. The summed E-state index contributed by atoms with van der Waals surface area (Å²) in [6.07, 6.45) is 7.62. The molecule has 3 aromatic rings. The van der Waals surface area contributed by atoms with Crippen LogP contribution in [-0.2, 0) is 11.2 Å². The Morgan fingerprint density at radius 3 is 2.61 bits per heavy atom. The van der Waals surface area contributed by atoms with Crippen molar-refractivity contribution in [1.29, 1.82) is 0 Å². The quantitative estimate of drug-likeness (QED) is 0.490. The van der Waals surface area contributed by atoms with Crippen LogP contribution in [0.3, 0.4) is 0 Å². The molecule has 8 heteroatoms. The molecule has 0 spiro atoms. The molecule has 172 valence electrons. The second-order valence-electron chi connectivity index (χ2n) is 9.15. The van der Waals surface area contributed by atoms with E-state index in [0.29, 0.717) is 17.1 Å². The van der Waals surface area contributed by atoms with E-state index < -0.39 is 5.60 Å². The average Bonchev–Trinajstić information content (AvgIpc) is 2.79. The fraction of sp³-hybridized carbons (Fsp3) is 0.400. The summed E-state index contributed by atoms with van der Waals surface area (Å²) >= 11 is 6.50. The number of hydrogen-bond donors (Lipinski definition) is 0. The van der Waals surface area contributed by atoms with Crippen molar-refractivity contribution in [1.82, 2.24) is 24.8 Å². The molecule has 1 aliphatic heterocycles. The van der Waals surface area contributed by atoms with Gasteiger partial charge >= 0.3 is 6.09 Å². The minimum absolute atomic E-state index is 0.248. The van der Waals surface area contributed by atoms with Crippen LogP contribution < -0.4 is 0 Å². The highest BCUT2D eigenvalue weighted by atomic mass is 35.5. The minimum Gasteiger partial charge on any atom is -0.444 e. The summed E-state index contributed by atoms with van der Waals surface area (Å²) in [5, 5.41) is 0.544. The van der Waals surface area contributed by atoms with Crippen LogP contribution in [0.15, 0.2) is 55.1 Å². The van der Waals surface area contributed by atoms with Crippen molar-refractivity contribution in [2.45, 2.75) is 64.1 Å². The highest BCUT2D eigenvalue weighted by molar-refractivity contribution is 6.31. The predicted octanol–water partition coefficient (Wildman–Crippen LogP) is 5.71. The monoisotopic (exact) mass is 465 g/mol. The van der Waals surface area contributed by atoms with Crippen molar-refractivity contribution < 1.29 is 9.53 Å². The van der Waals surface area contributed by atoms with Gasteiger partial charge in [0, 0.05) is 30.2 Å². The average molecular weight is 466 g/mol. The largest absolute Gasteiger partial charge is 0.444 e. The molecule has 1 amide bonds. The molecule has 3 aromatic heterocycles. The number of carbonyl (C=O) groups is 1. The number of piperidine rings is 1. The Hall–Kier alpha value is -3.06. The van der Waals surface area contributed by atoms with E-state index in [1.165, 1.54) is 6.33 Å². The number of likely N-dealkylation sites (tertiary alicyclic amines) is 1. The van der Waals surface area contributed by atoms with Gasteiger partial charge in [-0.15, -0.1) is 0 Å². The second kappa shape index (κ2) is 9.83. The molecule has 33 heavy (non-hydrogen) atoms. The number of nitrogens with zero attached hydrogens (tertiary/aromatic N) is 5. The third-order valence-corrected chi connectivity index (χ3v) is 5.83. The van der Waals surface area contributed by atoms with Crippen molar-refractivity contribution in [3.05, 3.63) is 82.9 Å². The van der Waals surface area contributed by atoms with Gasteiger partial charge in [-0.2, -0.15) is 0 Å². The van der Waals surface area contributed by atoms with Gasteiger partial charge in [-0.1, -0.05) is 17.7 Å². The SMILES string of the molecule is CC(C)(C)OC(=O)N1C(c2cccc(Cc3ccncn3)n2)CCCC1c1ncccc1Cl.